The molecule has 5 nitrogen and oxygen atoms in total. The fourth-order valence-electron chi connectivity index (χ4n) is 7.61. The third-order valence-corrected chi connectivity index (χ3v) is 11.6. The highest BCUT2D eigenvalue weighted by Crippen LogP contribution is 2.16. The number of carbonyl (C=O) groups is 1. The van der Waals surface area contributed by atoms with Crippen molar-refractivity contribution in [3.05, 3.63) is 60.8 Å². The minimum absolute atomic E-state index is 0.383. The van der Waals surface area contributed by atoms with Gasteiger partial charge in [0, 0.05) is 0 Å². The Hall–Kier alpha value is -1.95. The molecule has 0 fully saturated rings. The number of rotatable bonds is 46. The van der Waals surface area contributed by atoms with E-state index in [9.17, 15) is 20.1 Å². The van der Waals surface area contributed by atoms with Gasteiger partial charge in [-0.25, -0.2) is 0 Å². The molecule has 0 aliphatic carbocycles. The summed E-state index contributed by atoms with van der Waals surface area (Å²) < 4.78 is 0. The van der Waals surface area contributed by atoms with E-state index in [0.717, 1.165) is 57.8 Å². The molecule has 4 N–H and O–H groups in total. The van der Waals surface area contributed by atoms with Gasteiger partial charge in [0.1, 0.15) is 6.10 Å². The first-order chi connectivity index (χ1) is 29.1. The molecule has 1 amide bonds. The number of hydrogen-bond acceptors (Lipinski definition) is 4. The maximum atomic E-state index is 12.5. The third kappa shape index (κ3) is 43.9. The number of amides is 1. The third-order valence-electron chi connectivity index (χ3n) is 11.6. The van der Waals surface area contributed by atoms with Crippen LogP contribution in [0.25, 0.3) is 0 Å². The molecule has 0 aliphatic rings. The summed E-state index contributed by atoms with van der Waals surface area (Å²) in [7, 11) is 0. The topological polar surface area (TPSA) is 89.8 Å². The van der Waals surface area contributed by atoms with Gasteiger partial charge in [-0.3, -0.25) is 4.79 Å². The minimum Gasteiger partial charge on any atom is -0.394 e. The predicted octanol–water partition coefficient (Wildman–Crippen LogP) is 15.4. The van der Waals surface area contributed by atoms with Gasteiger partial charge < -0.3 is 20.6 Å². The van der Waals surface area contributed by atoms with E-state index >= 15 is 0 Å². The first-order valence-electron chi connectivity index (χ1n) is 25.6. The molecule has 3 unspecified atom stereocenters. The van der Waals surface area contributed by atoms with E-state index in [1.54, 1.807) is 6.08 Å². The van der Waals surface area contributed by atoms with Gasteiger partial charge in [-0.1, -0.05) is 242 Å². The summed E-state index contributed by atoms with van der Waals surface area (Å²) in [6.45, 7) is 4.08. The summed E-state index contributed by atoms with van der Waals surface area (Å²) in [6, 6.07) is -0.824. The van der Waals surface area contributed by atoms with Crippen LogP contribution >= 0.6 is 0 Å². The first kappa shape index (κ1) is 57.1. The van der Waals surface area contributed by atoms with Crippen molar-refractivity contribution in [2.24, 2.45) is 0 Å². The van der Waals surface area contributed by atoms with Gasteiger partial charge in [0.25, 0.3) is 0 Å². The van der Waals surface area contributed by atoms with Crippen LogP contribution in [0.4, 0.5) is 0 Å². The molecule has 0 radical (unpaired) electrons. The van der Waals surface area contributed by atoms with E-state index in [2.05, 4.69) is 67.8 Å². The Morgan fingerprint density at radius 3 is 1.22 bits per heavy atom. The molecule has 3 atom stereocenters. The van der Waals surface area contributed by atoms with E-state index < -0.39 is 24.2 Å². The van der Waals surface area contributed by atoms with Crippen molar-refractivity contribution in [2.45, 2.75) is 270 Å². The lowest BCUT2D eigenvalue weighted by molar-refractivity contribution is -0.131. The summed E-state index contributed by atoms with van der Waals surface area (Å²) in [5, 5.41) is 33.3. The van der Waals surface area contributed by atoms with Crippen molar-refractivity contribution in [1.29, 1.82) is 0 Å². The van der Waals surface area contributed by atoms with Gasteiger partial charge in [-0.2, -0.15) is 0 Å². The molecule has 0 heterocycles. The van der Waals surface area contributed by atoms with Gasteiger partial charge in [-0.05, 0) is 70.6 Å². The molecule has 0 spiro atoms. The molecule has 0 aromatic heterocycles. The average Bonchev–Trinajstić information content (AvgIpc) is 3.24. The van der Waals surface area contributed by atoms with Crippen molar-refractivity contribution in [3.8, 4) is 0 Å². The second kappa shape index (κ2) is 48.7. The van der Waals surface area contributed by atoms with Gasteiger partial charge >= 0.3 is 0 Å². The van der Waals surface area contributed by atoms with Gasteiger partial charge in [0.05, 0.1) is 18.8 Å². The fourth-order valence-corrected chi connectivity index (χ4v) is 7.61. The molecular weight excluding hydrogens is 727 g/mol. The SMILES string of the molecule is CC/C=C\C/C=C\CCCCCCCCCCCCCCCC(O)C(=O)NC(CO)C(O)/C=C/CC/C=C/CC/C=C/CCCCCCCCCCCCCCCCC. The van der Waals surface area contributed by atoms with Crippen molar-refractivity contribution >= 4 is 5.91 Å². The molecule has 344 valence electrons. The Labute approximate surface area is 367 Å². The molecule has 0 aromatic carbocycles. The molecule has 0 aromatic rings. The highest BCUT2D eigenvalue weighted by molar-refractivity contribution is 5.80. The van der Waals surface area contributed by atoms with Crippen molar-refractivity contribution < 1.29 is 20.1 Å². The van der Waals surface area contributed by atoms with E-state index in [-0.39, 0.29) is 6.61 Å². The largest absolute Gasteiger partial charge is 0.394 e. The van der Waals surface area contributed by atoms with E-state index in [1.165, 1.54) is 173 Å². The Morgan fingerprint density at radius 1 is 0.441 bits per heavy atom. The Morgan fingerprint density at radius 2 is 0.797 bits per heavy atom. The molecule has 0 aliphatic heterocycles. The minimum atomic E-state index is -1.11. The standard InChI is InChI=1S/C54H99NO4/c1-3-5-7-9-11-13-15-17-19-21-23-25-26-27-28-29-31-32-34-36-38-40-42-44-46-48-52(57)51(50-56)55-54(59)53(58)49-47-45-43-41-39-37-35-33-30-24-22-20-18-16-14-12-10-8-6-4-2/h6,8,12,14,31-32,38,40,46,48,51-53,56-58H,3-5,7,9-11,13,15-30,33-37,39,41-45,47,49-50H2,1-2H3,(H,55,59)/b8-6-,14-12-,32-31+,40-38+,48-46+. The molecular formula is C54H99NO4. The highest BCUT2D eigenvalue weighted by atomic mass is 16.3. The van der Waals surface area contributed by atoms with Crippen LogP contribution in [0, 0.1) is 0 Å². The Bertz CT molecular complexity index is 1000. The zero-order chi connectivity index (χ0) is 43.0. The highest BCUT2D eigenvalue weighted by Gasteiger charge is 2.22. The van der Waals surface area contributed by atoms with Crippen LogP contribution in [-0.2, 0) is 4.79 Å². The quantitative estimate of drug-likeness (QED) is 0.0363. The molecule has 0 saturated heterocycles. The fraction of sp³-hybridized carbons (Fsp3) is 0.796. The maximum absolute atomic E-state index is 12.5. The number of nitrogens with one attached hydrogen (secondary N) is 1. The van der Waals surface area contributed by atoms with Crippen molar-refractivity contribution in [2.75, 3.05) is 6.61 Å². The van der Waals surface area contributed by atoms with Crippen LogP contribution in [0.5, 0.6) is 0 Å². The Kier molecular flexibility index (Phi) is 47.1. The second-order valence-corrected chi connectivity index (χ2v) is 17.3. The predicted molar refractivity (Wildman–Crippen MR) is 259 cm³/mol. The van der Waals surface area contributed by atoms with Crippen LogP contribution in [0.3, 0.4) is 0 Å². The number of aliphatic hydroxyl groups is 3. The Balaban J connectivity index is 3.68. The zero-order valence-electron chi connectivity index (χ0n) is 39.1. The van der Waals surface area contributed by atoms with Crippen LogP contribution in [-0.4, -0.2) is 46.1 Å². The van der Waals surface area contributed by atoms with Crippen LogP contribution < -0.4 is 5.32 Å². The summed E-state index contributed by atoms with van der Waals surface area (Å²) in [4.78, 5) is 12.5. The van der Waals surface area contributed by atoms with Crippen molar-refractivity contribution in [3.63, 3.8) is 0 Å². The number of hydrogen-bond donors (Lipinski definition) is 4. The lowest BCUT2D eigenvalue weighted by Gasteiger charge is -2.21. The van der Waals surface area contributed by atoms with E-state index in [4.69, 9.17) is 0 Å². The second-order valence-electron chi connectivity index (χ2n) is 17.3. The summed E-state index contributed by atoms with van der Waals surface area (Å²) in [5.74, 6) is -0.518. The lowest BCUT2D eigenvalue weighted by Crippen LogP contribution is -2.48. The number of unbranched alkanes of at least 4 members (excludes halogenated alkanes) is 30. The molecule has 5 heteroatoms. The summed E-state index contributed by atoms with van der Waals surface area (Å²) >= 11 is 0. The molecule has 0 bridgehead atoms. The normalized spacial score (nSPS) is 13.9. The van der Waals surface area contributed by atoms with Gasteiger partial charge in [-0.15, -0.1) is 0 Å². The van der Waals surface area contributed by atoms with Gasteiger partial charge in [0.15, 0.2) is 0 Å². The lowest BCUT2D eigenvalue weighted by atomic mass is 10.0. The first-order valence-corrected chi connectivity index (χ1v) is 25.6. The maximum Gasteiger partial charge on any atom is 0.249 e. The number of carbonyl (C=O) groups excluding carboxylic acids is 1. The average molecular weight is 826 g/mol. The van der Waals surface area contributed by atoms with Gasteiger partial charge in [0.2, 0.25) is 5.91 Å². The van der Waals surface area contributed by atoms with Crippen molar-refractivity contribution in [1.82, 2.24) is 5.32 Å². The van der Waals surface area contributed by atoms with Crippen LogP contribution in [0.1, 0.15) is 251 Å². The number of allylic oxidation sites excluding steroid dienone is 9. The zero-order valence-corrected chi connectivity index (χ0v) is 39.1. The van der Waals surface area contributed by atoms with Crippen LogP contribution in [0.2, 0.25) is 0 Å². The van der Waals surface area contributed by atoms with E-state index in [0.29, 0.717) is 6.42 Å². The smallest absolute Gasteiger partial charge is 0.249 e. The summed E-state index contributed by atoms with van der Waals surface area (Å²) in [6.07, 6.45) is 65.7. The van der Waals surface area contributed by atoms with Crippen LogP contribution in [0.15, 0.2) is 60.8 Å². The monoisotopic (exact) mass is 826 g/mol. The number of aliphatic hydroxyl groups excluding tert-OH is 3. The summed E-state index contributed by atoms with van der Waals surface area (Å²) in [5.41, 5.74) is 0. The molecule has 0 rings (SSSR count). The molecule has 59 heavy (non-hydrogen) atoms. The molecule has 0 saturated carbocycles. The van der Waals surface area contributed by atoms with E-state index in [1.807, 2.05) is 6.08 Å².